The van der Waals surface area contributed by atoms with Gasteiger partial charge in [-0.3, -0.25) is 4.79 Å². The van der Waals surface area contributed by atoms with Crippen molar-refractivity contribution in [3.8, 4) is 0 Å². The van der Waals surface area contributed by atoms with Crippen molar-refractivity contribution in [3.05, 3.63) is 0 Å². The SMILES string of the molecule is CN(CC1CC(Cl)C1)C(=O)C1CCCO1. The molecule has 1 saturated carbocycles. The molecule has 0 aromatic carbocycles. The number of carbonyl (C=O) groups is 1. The number of amides is 1. The van der Waals surface area contributed by atoms with Crippen LogP contribution in [0, 0.1) is 5.92 Å². The van der Waals surface area contributed by atoms with Crippen molar-refractivity contribution >= 4 is 17.5 Å². The maximum Gasteiger partial charge on any atom is 0.251 e. The Morgan fingerprint density at radius 2 is 2.27 bits per heavy atom. The third-order valence-corrected chi connectivity index (χ3v) is 3.65. The maximum absolute atomic E-state index is 11.9. The third-order valence-electron chi connectivity index (χ3n) is 3.29. The average molecular weight is 232 g/mol. The molecule has 15 heavy (non-hydrogen) atoms. The highest BCUT2D eigenvalue weighted by molar-refractivity contribution is 6.21. The zero-order valence-corrected chi connectivity index (χ0v) is 9.87. The second kappa shape index (κ2) is 4.71. The van der Waals surface area contributed by atoms with Crippen LogP contribution in [0.2, 0.25) is 0 Å². The van der Waals surface area contributed by atoms with Crippen molar-refractivity contribution in [3.63, 3.8) is 0 Å². The minimum Gasteiger partial charge on any atom is -0.368 e. The van der Waals surface area contributed by atoms with Crippen LogP contribution < -0.4 is 0 Å². The molecule has 2 rings (SSSR count). The van der Waals surface area contributed by atoms with E-state index < -0.39 is 0 Å². The number of hydrogen-bond acceptors (Lipinski definition) is 2. The average Bonchev–Trinajstić information content (AvgIpc) is 2.66. The second-order valence-corrected chi connectivity index (χ2v) is 5.27. The third kappa shape index (κ3) is 2.64. The van der Waals surface area contributed by atoms with E-state index >= 15 is 0 Å². The fraction of sp³-hybridized carbons (Fsp3) is 0.909. The first kappa shape index (κ1) is 11.2. The number of ether oxygens (including phenoxy) is 1. The lowest BCUT2D eigenvalue weighted by molar-refractivity contribution is -0.140. The fourth-order valence-electron chi connectivity index (χ4n) is 2.30. The van der Waals surface area contributed by atoms with Gasteiger partial charge in [0, 0.05) is 25.6 Å². The molecule has 0 N–H and O–H groups in total. The highest BCUT2D eigenvalue weighted by atomic mass is 35.5. The van der Waals surface area contributed by atoms with E-state index in [9.17, 15) is 4.79 Å². The molecule has 1 atom stereocenters. The Labute approximate surface area is 95.7 Å². The highest BCUT2D eigenvalue weighted by Crippen LogP contribution is 2.32. The van der Waals surface area contributed by atoms with Crippen LogP contribution in [-0.4, -0.2) is 42.5 Å². The van der Waals surface area contributed by atoms with Gasteiger partial charge < -0.3 is 9.64 Å². The van der Waals surface area contributed by atoms with E-state index in [0.29, 0.717) is 11.3 Å². The summed E-state index contributed by atoms with van der Waals surface area (Å²) in [4.78, 5) is 13.7. The summed E-state index contributed by atoms with van der Waals surface area (Å²) < 4.78 is 5.37. The van der Waals surface area contributed by atoms with Crippen molar-refractivity contribution in [1.82, 2.24) is 4.90 Å². The lowest BCUT2D eigenvalue weighted by atomic mass is 9.84. The smallest absolute Gasteiger partial charge is 0.251 e. The molecule has 3 nitrogen and oxygen atoms in total. The Morgan fingerprint density at radius 1 is 1.53 bits per heavy atom. The van der Waals surface area contributed by atoms with Gasteiger partial charge in [0.15, 0.2) is 0 Å². The van der Waals surface area contributed by atoms with Gasteiger partial charge >= 0.3 is 0 Å². The van der Waals surface area contributed by atoms with Gasteiger partial charge in [0.05, 0.1) is 0 Å². The summed E-state index contributed by atoms with van der Waals surface area (Å²) >= 11 is 5.91. The molecule has 1 heterocycles. The topological polar surface area (TPSA) is 29.5 Å². The molecule has 2 fully saturated rings. The monoisotopic (exact) mass is 231 g/mol. The molecule has 0 bridgehead atoms. The predicted octanol–water partition coefficient (Wildman–Crippen LogP) is 1.64. The predicted molar refractivity (Wildman–Crippen MR) is 59.0 cm³/mol. The first-order valence-corrected chi connectivity index (χ1v) is 6.11. The number of carbonyl (C=O) groups excluding carboxylic acids is 1. The summed E-state index contributed by atoms with van der Waals surface area (Å²) in [6, 6.07) is 0. The molecule has 1 aliphatic carbocycles. The number of halogens is 1. The summed E-state index contributed by atoms with van der Waals surface area (Å²) in [5.74, 6) is 0.744. The zero-order chi connectivity index (χ0) is 10.8. The summed E-state index contributed by atoms with van der Waals surface area (Å²) in [6.45, 7) is 1.57. The van der Waals surface area contributed by atoms with Crippen LogP contribution in [0.25, 0.3) is 0 Å². The van der Waals surface area contributed by atoms with Gasteiger partial charge in [-0.15, -0.1) is 11.6 Å². The van der Waals surface area contributed by atoms with E-state index in [1.807, 2.05) is 11.9 Å². The van der Waals surface area contributed by atoms with Gasteiger partial charge in [0.1, 0.15) is 6.10 Å². The summed E-state index contributed by atoms with van der Waals surface area (Å²) in [5, 5.41) is 0.334. The quantitative estimate of drug-likeness (QED) is 0.692. The van der Waals surface area contributed by atoms with Crippen LogP contribution in [0.4, 0.5) is 0 Å². The largest absolute Gasteiger partial charge is 0.368 e. The van der Waals surface area contributed by atoms with Crippen LogP contribution >= 0.6 is 11.6 Å². The molecule has 1 unspecified atom stereocenters. The molecule has 0 radical (unpaired) electrons. The Balaban J connectivity index is 1.74. The van der Waals surface area contributed by atoms with E-state index in [-0.39, 0.29) is 12.0 Å². The highest BCUT2D eigenvalue weighted by Gasteiger charge is 2.32. The Kier molecular flexibility index (Phi) is 3.52. The van der Waals surface area contributed by atoms with E-state index in [4.69, 9.17) is 16.3 Å². The lowest BCUT2D eigenvalue weighted by Crippen LogP contribution is -2.42. The van der Waals surface area contributed by atoms with Crippen molar-refractivity contribution in [2.75, 3.05) is 20.2 Å². The number of hydrogen-bond donors (Lipinski definition) is 0. The van der Waals surface area contributed by atoms with Crippen LogP contribution in [0.5, 0.6) is 0 Å². The van der Waals surface area contributed by atoms with Gasteiger partial charge in [-0.05, 0) is 31.6 Å². The molecule has 2 aliphatic rings. The van der Waals surface area contributed by atoms with Crippen LogP contribution in [0.15, 0.2) is 0 Å². The number of rotatable bonds is 3. The van der Waals surface area contributed by atoms with E-state index in [1.54, 1.807) is 0 Å². The fourth-order valence-corrected chi connectivity index (χ4v) is 2.80. The lowest BCUT2D eigenvalue weighted by Gasteiger charge is -2.34. The normalized spacial score (nSPS) is 34.9. The first-order chi connectivity index (χ1) is 7.16. The number of likely N-dealkylation sites (N-methyl/N-ethyl adjacent to an activating group) is 1. The van der Waals surface area contributed by atoms with Crippen molar-refractivity contribution in [2.45, 2.75) is 37.2 Å². The molecule has 1 saturated heterocycles. The molecule has 0 spiro atoms. The van der Waals surface area contributed by atoms with Crippen LogP contribution in [0.1, 0.15) is 25.7 Å². The standard InChI is InChI=1S/C11H18ClNO2/c1-13(7-8-5-9(12)6-8)11(14)10-3-2-4-15-10/h8-10H,2-7H2,1H3. The minimum absolute atomic E-state index is 0.144. The van der Waals surface area contributed by atoms with Crippen molar-refractivity contribution in [1.29, 1.82) is 0 Å². The van der Waals surface area contributed by atoms with Gasteiger partial charge in [0.25, 0.3) is 5.91 Å². The molecule has 0 aromatic rings. The van der Waals surface area contributed by atoms with Crippen LogP contribution in [0.3, 0.4) is 0 Å². The summed E-state index contributed by atoms with van der Waals surface area (Å²) in [5.41, 5.74) is 0. The van der Waals surface area contributed by atoms with Crippen LogP contribution in [-0.2, 0) is 9.53 Å². The number of alkyl halides is 1. The zero-order valence-electron chi connectivity index (χ0n) is 9.12. The van der Waals surface area contributed by atoms with Gasteiger partial charge in [-0.1, -0.05) is 0 Å². The summed E-state index contributed by atoms with van der Waals surface area (Å²) in [6.07, 6.45) is 3.81. The molecular weight excluding hydrogens is 214 g/mol. The van der Waals surface area contributed by atoms with Crippen molar-refractivity contribution in [2.24, 2.45) is 5.92 Å². The van der Waals surface area contributed by atoms with Crippen molar-refractivity contribution < 1.29 is 9.53 Å². The molecule has 86 valence electrons. The van der Waals surface area contributed by atoms with Gasteiger partial charge in [-0.25, -0.2) is 0 Å². The minimum atomic E-state index is -0.179. The molecule has 1 aliphatic heterocycles. The van der Waals surface area contributed by atoms with Gasteiger partial charge in [-0.2, -0.15) is 0 Å². The molecule has 0 aromatic heterocycles. The van der Waals surface area contributed by atoms with E-state index in [0.717, 1.165) is 38.8 Å². The molecule has 1 amide bonds. The maximum atomic E-state index is 11.9. The Morgan fingerprint density at radius 3 is 2.80 bits per heavy atom. The Bertz CT molecular complexity index is 235. The molecular formula is C11H18ClNO2. The molecule has 4 heteroatoms. The summed E-state index contributed by atoms with van der Waals surface area (Å²) in [7, 11) is 1.87. The first-order valence-electron chi connectivity index (χ1n) is 5.67. The van der Waals surface area contributed by atoms with E-state index in [2.05, 4.69) is 0 Å². The van der Waals surface area contributed by atoms with Gasteiger partial charge in [0.2, 0.25) is 0 Å². The Hall–Kier alpha value is -0.280. The second-order valence-electron chi connectivity index (χ2n) is 4.66. The van der Waals surface area contributed by atoms with E-state index in [1.165, 1.54) is 0 Å². The number of nitrogens with zero attached hydrogens (tertiary/aromatic N) is 1.